The first-order valence-electron chi connectivity index (χ1n) is 11.3. The van der Waals surface area contributed by atoms with E-state index in [-0.39, 0.29) is 17.7 Å². The smallest absolute Gasteiger partial charge is 0.264 e. The van der Waals surface area contributed by atoms with Gasteiger partial charge >= 0.3 is 0 Å². The number of carbonyl (C=O) groups is 2. The van der Waals surface area contributed by atoms with Crippen molar-refractivity contribution >= 4 is 33.4 Å². The molecule has 0 aromatic carbocycles. The number of ether oxygens (including phenoxy) is 1. The van der Waals surface area contributed by atoms with Crippen LogP contribution in [0.15, 0.2) is 18.3 Å². The third kappa shape index (κ3) is 4.08. The number of morpholine rings is 1. The molecule has 3 fully saturated rings. The third-order valence-electron chi connectivity index (χ3n) is 6.97. The predicted molar refractivity (Wildman–Crippen MR) is 121 cm³/mol. The Bertz CT molecular complexity index is 963. The quantitative estimate of drug-likeness (QED) is 0.731. The Morgan fingerprint density at radius 1 is 1.06 bits per heavy atom. The van der Waals surface area contributed by atoms with Gasteiger partial charge in [-0.3, -0.25) is 9.59 Å². The summed E-state index contributed by atoms with van der Waals surface area (Å²) in [5.41, 5.74) is 1.10. The predicted octanol–water partition coefficient (Wildman–Crippen LogP) is 2.43. The van der Waals surface area contributed by atoms with Crippen molar-refractivity contribution in [3.8, 4) is 0 Å². The molecule has 2 amide bonds. The van der Waals surface area contributed by atoms with Gasteiger partial charge < -0.3 is 19.4 Å². The molecular weight excluding hydrogens is 412 g/mol. The van der Waals surface area contributed by atoms with Gasteiger partial charge in [-0.15, -0.1) is 11.3 Å². The number of fused-ring (bicyclic) bond motifs is 1. The molecule has 8 heteroatoms. The van der Waals surface area contributed by atoms with Gasteiger partial charge in [-0.2, -0.15) is 0 Å². The number of nitrogens with zero attached hydrogens (tertiary/aromatic N) is 4. The number of likely N-dealkylation sites (tertiary alicyclic amines) is 2. The van der Waals surface area contributed by atoms with Crippen LogP contribution in [0, 0.1) is 5.92 Å². The molecule has 166 valence electrons. The van der Waals surface area contributed by atoms with Gasteiger partial charge in [-0.1, -0.05) is 6.07 Å². The zero-order chi connectivity index (χ0) is 21.4. The Kier molecular flexibility index (Phi) is 5.95. The van der Waals surface area contributed by atoms with Crippen LogP contribution in [0.5, 0.6) is 0 Å². The first-order valence-corrected chi connectivity index (χ1v) is 12.1. The van der Waals surface area contributed by atoms with Crippen molar-refractivity contribution in [2.45, 2.75) is 25.2 Å². The van der Waals surface area contributed by atoms with Crippen molar-refractivity contribution in [3.05, 3.63) is 28.8 Å². The highest BCUT2D eigenvalue weighted by atomic mass is 32.1. The van der Waals surface area contributed by atoms with Gasteiger partial charge in [0.2, 0.25) is 5.91 Å². The Morgan fingerprint density at radius 2 is 1.84 bits per heavy atom. The standard InChI is InChI=1S/C23H30N4O3S/c1-25-8-4-16(5-9-25)22(28)27-10-6-17(15-27)19-18-3-2-7-24-21(18)31-20(19)23(29)26-11-13-30-14-12-26/h2-3,7,16-17H,4-6,8-15H2,1H3. The second kappa shape index (κ2) is 8.84. The van der Waals surface area contributed by atoms with Crippen molar-refractivity contribution in [1.82, 2.24) is 19.7 Å². The summed E-state index contributed by atoms with van der Waals surface area (Å²) in [7, 11) is 2.12. The lowest BCUT2D eigenvalue weighted by Crippen LogP contribution is -2.41. The lowest BCUT2D eigenvalue weighted by molar-refractivity contribution is -0.135. The summed E-state index contributed by atoms with van der Waals surface area (Å²) in [5, 5.41) is 1.07. The fraction of sp³-hybridized carbons (Fsp3) is 0.609. The minimum absolute atomic E-state index is 0.0846. The van der Waals surface area contributed by atoms with E-state index < -0.39 is 0 Å². The molecule has 0 aliphatic carbocycles. The van der Waals surface area contributed by atoms with E-state index >= 15 is 0 Å². The molecule has 1 atom stereocenters. The molecule has 2 aromatic rings. The lowest BCUT2D eigenvalue weighted by atomic mass is 9.94. The fourth-order valence-corrected chi connectivity index (χ4v) is 6.33. The molecule has 1 unspecified atom stereocenters. The van der Waals surface area contributed by atoms with E-state index in [0.29, 0.717) is 38.8 Å². The molecule has 0 bridgehead atoms. The molecule has 0 N–H and O–H groups in total. The molecule has 0 saturated carbocycles. The summed E-state index contributed by atoms with van der Waals surface area (Å²) >= 11 is 1.50. The molecule has 31 heavy (non-hydrogen) atoms. The highest BCUT2D eigenvalue weighted by molar-refractivity contribution is 7.20. The highest BCUT2D eigenvalue weighted by Gasteiger charge is 2.36. The third-order valence-corrected chi connectivity index (χ3v) is 8.09. The zero-order valence-corrected chi connectivity index (χ0v) is 18.9. The second-order valence-corrected chi connectivity index (χ2v) is 9.95. The summed E-state index contributed by atoms with van der Waals surface area (Å²) in [4.78, 5) is 39.1. The summed E-state index contributed by atoms with van der Waals surface area (Å²) < 4.78 is 5.43. The molecule has 3 saturated heterocycles. The molecule has 5 heterocycles. The normalized spacial score (nSPS) is 23.6. The topological polar surface area (TPSA) is 66.0 Å². The van der Waals surface area contributed by atoms with E-state index in [9.17, 15) is 9.59 Å². The van der Waals surface area contributed by atoms with Gasteiger partial charge in [0.25, 0.3) is 5.91 Å². The van der Waals surface area contributed by atoms with E-state index in [1.165, 1.54) is 11.3 Å². The van der Waals surface area contributed by atoms with Crippen LogP contribution in [0.3, 0.4) is 0 Å². The number of amides is 2. The Balaban J connectivity index is 1.39. The van der Waals surface area contributed by atoms with Gasteiger partial charge in [0, 0.05) is 49.6 Å². The summed E-state index contributed by atoms with van der Waals surface area (Å²) in [6, 6.07) is 4.02. The van der Waals surface area contributed by atoms with Crippen LogP contribution in [0.2, 0.25) is 0 Å². The minimum Gasteiger partial charge on any atom is -0.378 e. The van der Waals surface area contributed by atoms with Crippen LogP contribution in [0.4, 0.5) is 0 Å². The van der Waals surface area contributed by atoms with Crippen LogP contribution in [-0.4, -0.2) is 91.0 Å². The van der Waals surface area contributed by atoms with Crippen molar-refractivity contribution in [2.24, 2.45) is 5.92 Å². The summed E-state index contributed by atoms with van der Waals surface area (Å²) in [6.07, 6.45) is 4.59. The number of hydrogen-bond acceptors (Lipinski definition) is 6. The average molecular weight is 443 g/mol. The number of hydrogen-bond donors (Lipinski definition) is 0. The van der Waals surface area contributed by atoms with Gasteiger partial charge in [-0.25, -0.2) is 4.98 Å². The van der Waals surface area contributed by atoms with Crippen LogP contribution >= 0.6 is 11.3 Å². The maximum atomic E-state index is 13.4. The lowest BCUT2D eigenvalue weighted by Gasteiger charge is -2.31. The second-order valence-electron chi connectivity index (χ2n) is 8.95. The number of piperidine rings is 1. The van der Waals surface area contributed by atoms with Crippen LogP contribution in [0.1, 0.15) is 40.4 Å². The first kappa shape index (κ1) is 20.8. The van der Waals surface area contributed by atoms with E-state index in [4.69, 9.17) is 4.74 Å². The largest absolute Gasteiger partial charge is 0.378 e. The highest BCUT2D eigenvalue weighted by Crippen LogP contribution is 2.40. The van der Waals surface area contributed by atoms with Crippen LogP contribution < -0.4 is 0 Å². The van der Waals surface area contributed by atoms with Gasteiger partial charge in [0.05, 0.1) is 18.1 Å². The average Bonchev–Trinajstić information content (AvgIpc) is 3.44. The number of aromatic nitrogens is 1. The van der Waals surface area contributed by atoms with Gasteiger partial charge in [0.1, 0.15) is 4.83 Å². The van der Waals surface area contributed by atoms with Crippen molar-refractivity contribution in [3.63, 3.8) is 0 Å². The van der Waals surface area contributed by atoms with E-state index in [1.54, 1.807) is 6.20 Å². The molecule has 0 spiro atoms. The van der Waals surface area contributed by atoms with Crippen LogP contribution in [0.25, 0.3) is 10.2 Å². The first-order chi connectivity index (χ1) is 15.1. The SMILES string of the molecule is CN1CCC(C(=O)N2CCC(c3c(C(=O)N4CCOCC4)sc4ncccc34)C2)CC1. The fourth-order valence-electron chi connectivity index (χ4n) is 5.14. The summed E-state index contributed by atoms with van der Waals surface area (Å²) in [6.45, 7) is 5.91. The van der Waals surface area contributed by atoms with E-state index in [2.05, 4.69) is 23.0 Å². The zero-order valence-electron chi connectivity index (χ0n) is 18.1. The Hall–Kier alpha value is -2.03. The number of carbonyl (C=O) groups excluding carboxylic acids is 2. The molecule has 2 aromatic heterocycles. The van der Waals surface area contributed by atoms with Gasteiger partial charge in [-0.05, 0) is 51.0 Å². The molecule has 3 aliphatic rings. The van der Waals surface area contributed by atoms with Gasteiger partial charge in [0.15, 0.2) is 0 Å². The van der Waals surface area contributed by atoms with E-state index in [1.807, 2.05) is 15.9 Å². The maximum absolute atomic E-state index is 13.4. The van der Waals surface area contributed by atoms with Crippen molar-refractivity contribution < 1.29 is 14.3 Å². The molecule has 3 aliphatic heterocycles. The van der Waals surface area contributed by atoms with Crippen molar-refractivity contribution in [2.75, 3.05) is 59.5 Å². The monoisotopic (exact) mass is 442 g/mol. The Morgan fingerprint density at radius 3 is 2.61 bits per heavy atom. The Labute approximate surface area is 187 Å². The van der Waals surface area contributed by atoms with Crippen LogP contribution in [-0.2, 0) is 9.53 Å². The minimum atomic E-state index is 0.0846. The van der Waals surface area contributed by atoms with E-state index in [0.717, 1.165) is 59.6 Å². The summed E-state index contributed by atoms with van der Waals surface area (Å²) in [5.74, 6) is 0.717. The van der Waals surface area contributed by atoms with Crippen molar-refractivity contribution in [1.29, 1.82) is 0 Å². The molecule has 5 rings (SSSR count). The number of rotatable bonds is 3. The molecule has 7 nitrogen and oxygen atoms in total. The molecular formula is C23H30N4O3S. The number of thiophene rings is 1. The maximum Gasteiger partial charge on any atom is 0.264 e. The number of pyridine rings is 1. The molecule has 0 radical (unpaired) electrons.